The number of aryl methyl sites for hydroxylation is 1. The normalized spacial score (nSPS) is 11.3. The number of carbonyl (C=O) groups excluding carboxylic acids is 1. The van der Waals surface area contributed by atoms with Crippen molar-refractivity contribution in [2.45, 2.75) is 26.6 Å². The van der Waals surface area contributed by atoms with E-state index in [1.54, 1.807) is 36.0 Å². The molecule has 3 rings (SSSR count). The monoisotopic (exact) mass is 465 g/mol. The average Bonchev–Trinajstić information content (AvgIpc) is 3.18. The molecule has 1 N–H and O–H groups in total. The molecule has 1 aromatic carbocycles. The Morgan fingerprint density at radius 1 is 1.21 bits per heavy atom. The third-order valence-electron chi connectivity index (χ3n) is 4.21. The maximum absolute atomic E-state index is 12.4. The molecule has 0 aliphatic heterocycles. The minimum Gasteiger partial charge on any atom is -0.494 e. The number of nitrogens with zero attached hydrogens (tertiary/aromatic N) is 4. The fraction of sp³-hybridized carbons (Fsp3) is 0.333. The largest absolute Gasteiger partial charge is 0.494 e. The van der Waals surface area contributed by atoms with Gasteiger partial charge in [-0.05, 0) is 32.0 Å². The second-order valence-corrected chi connectivity index (χ2v) is 6.83. The number of methoxy groups -OCH3 is 1. The van der Waals surface area contributed by atoms with Gasteiger partial charge in [-0.2, -0.15) is 13.2 Å². The van der Waals surface area contributed by atoms with Crippen molar-refractivity contribution in [1.29, 1.82) is 0 Å². The summed E-state index contributed by atoms with van der Waals surface area (Å²) in [5, 5.41) is 2.93. The first-order valence-electron chi connectivity index (χ1n) is 9.84. The van der Waals surface area contributed by atoms with Crippen LogP contribution in [0.4, 0.5) is 24.8 Å². The lowest BCUT2D eigenvalue weighted by atomic mass is 10.2. The van der Waals surface area contributed by atoms with E-state index in [2.05, 4.69) is 25.0 Å². The van der Waals surface area contributed by atoms with Gasteiger partial charge in [-0.3, -0.25) is 0 Å². The number of aromatic nitrogens is 4. The molecule has 0 unspecified atom stereocenters. The molecule has 0 aliphatic carbocycles. The van der Waals surface area contributed by atoms with E-state index in [1.165, 1.54) is 13.2 Å². The Morgan fingerprint density at radius 3 is 2.64 bits per heavy atom. The van der Waals surface area contributed by atoms with Gasteiger partial charge < -0.3 is 24.1 Å². The van der Waals surface area contributed by atoms with Crippen molar-refractivity contribution in [3.05, 3.63) is 53.9 Å². The molecule has 2 aromatic heterocycles. The van der Waals surface area contributed by atoms with Crippen LogP contribution in [-0.2, 0) is 16.1 Å². The van der Waals surface area contributed by atoms with Gasteiger partial charge >= 0.3 is 12.1 Å². The highest BCUT2D eigenvalue weighted by atomic mass is 19.4. The van der Waals surface area contributed by atoms with E-state index in [0.29, 0.717) is 11.4 Å². The number of rotatable bonds is 9. The van der Waals surface area contributed by atoms with Crippen LogP contribution in [0.2, 0.25) is 0 Å². The van der Waals surface area contributed by atoms with Crippen LogP contribution in [0, 0.1) is 6.92 Å². The minimum absolute atomic E-state index is 0.0144. The lowest BCUT2D eigenvalue weighted by molar-refractivity contribution is -0.176. The number of ether oxygens (including phenoxy) is 3. The minimum atomic E-state index is -4.48. The Hall–Kier alpha value is -3.67. The second kappa shape index (κ2) is 10.3. The summed E-state index contributed by atoms with van der Waals surface area (Å²) in [5.74, 6) is -0.226. The van der Waals surface area contributed by atoms with E-state index in [-0.39, 0.29) is 23.9 Å². The van der Waals surface area contributed by atoms with Crippen molar-refractivity contribution in [1.82, 2.24) is 19.5 Å². The fourth-order valence-corrected chi connectivity index (χ4v) is 2.86. The molecule has 2 heterocycles. The predicted octanol–water partition coefficient (Wildman–Crippen LogP) is 3.98. The average molecular weight is 465 g/mol. The van der Waals surface area contributed by atoms with Gasteiger partial charge in [0.05, 0.1) is 43.7 Å². The Labute approximate surface area is 187 Å². The van der Waals surface area contributed by atoms with Crippen LogP contribution in [0.3, 0.4) is 0 Å². The van der Waals surface area contributed by atoms with Gasteiger partial charge in [0, 0.05) is 18.0 Å². The molecule has 0 bridgehead atoms. The molecular weight excluding hydrogens is 443 g/mol. The predicted molar refractivity (Wildman–Crippen MR) is 112 cm³/mol. The number of nitrogens with one attached hydrogen (secondary N) is 1. The number of benzene rings is 1. The van der Waals surface area contributed by atoms with Crippen LogP contribution in [0.5, 0.6) is 5.75 Å². The van der Waals surface area contributed by atoms with Crippen molar-refractivity contribution in [3.8, 4) is 11.4 Å². The van der Waals surface area contributed by atoms with Gasteiger partial charge in [0.15, 0.2) is 5.69 Å². The molecule has 0 spiro atoms. The number of carbonyl (C=O) groups is 1. The zero-order valence-corrected chi connectivity index (χ0v) is 18.1. The van der Waals surface area contributed by atoms with E-state index < -0.39 is 25.4 Å². The molecule has 0 radical (unpaired) electrons. The van der Waals surface area contributed by atoms with E-state index in [9.17, 15) is 18.0 Å². The van der Waals surface area contributed by atoms with Crippen LogP contribution in [0.15, 0.2) is 36.8 Å². The van der Waals surface area contributed by atoms with Gasteiger partial charge in [0.2, 0.25) is 5.95 Å². The Balaban J connectivity index is 1.87. The molecule has 0 saturated heterocycles. The summed E-state index contributed by atoms with van der Waals surface area (Å²) in [6, 6.07) is 6.42. The third kappa shape index (κ3) is 6.65. The summed E-state index contributed by atoms with van der Waals surface area (Å²) >= 11 is 0. The molecule has 9 nitrogen and oxygen atoms in total. The van der Waals surface area contributed by atoms with Crippen LogP contribution >= 0.6 is 0 Å². The summed E-state index contributed by atoms with van der Waals surface area (Å²) in [6.07, 6.45) is -0.992. The second-order valence-electron chi connectivity index (χ2n) is 6.83. The number of halogens is 3. The fourth-order valence-electron chi connectivity index (χ4n) is 2.86. The van der Waals surface area contributed by atoms with Crippen molar-refractivity contribution < 1.29 is 32.2 Å². The third-order valence-corrected chi connectivity index (χ3v) is 4.21. The van der Waals surface area contributed by atoms with Gasteiger partial charge in [0.1, 0.15) is 12.4 Å². The number of imidazole rings is 1. The van der Waals surface area contributed by atoms with Gasteiger partial charge in [-0.25, -0.2) is 19.7 Å². The molecular formula is C21H22F3N5O4. The molecule has 12 heteroatoms. The number of hydrogen-bond acceptors (Lipinski definition) is 8. The highest BCUT2D eigenvalue weighted by molar-refractivity contribution is 5.87. The standard InChI is InChI=1S/C21H22F3N5O4/c1-4-33-19(30)16-7-15(10-32-11-21(22,23)24)27-20(28-16)26-14-5-6-17(18(8-14)31-3)29-9-13(2)25-12-29/h5-9,12H,4,10-11H2,1-3H3,(H,26,27,28). The van der Waals surface area contributed by atoms with Crippen LogP contribution in [0.25, 0.3) is 5.69 Å². The maximum atomic E-state index is 12.4. The van der Waals surface area contributed by atoms with Crippen molar-refractivity contribution in [2.75, 3.05) is 25.6 Å². The summed E-state index contributed by atoms with van der Waals surface area (Å²) < 4.78 is 54.1. The Bertz CT molecular complexity index is 1120. The molecule has 0 aliphatic rings. The van der Waals surface area contributed by atoms with Gasteiger partial charge in [-0.15, -0.1) is 0 Å². The van der Waals surface area contributed by atoms with Crippen molar-refractivity contribution in [3.63, 3.8) is 0 Å². The van der Waals surface area contributed by atoms with E-state index in [0.717, 1.165) is 11.4 Å². The molecule has 0 amide bonds. The SMILES string of the molecule is CCOC(=O)c1cc(COCC(F)(F)F)nc(Nc2ccc(-n3cnc(C)c3)c(OC)c2)n1. The zero-order valence-electron chi connectivity index (χ0n) is 18.1. The lowest BCUT2D eigenvalue weighted by Crippen LogP contribution is -2.17. The molecule has 33 heavy (non-hydrogen) atoms. The lowest BCUT2D eigenvalue weighted by Gasteiger charge is -2.13. The summed E-state index contributed by atoms with van der Waals surface area (Å²) in [6.45, 7) is 1.69. The summed E-state index contributed by atoms with van der Waals surface area (Å²) in [4.78, 5) is 24.6. The Kier molecular flexibility index (Phi) is 7.48. The van der Waals surface area contributed by atoms with Gasteiger partial charge in [-0.1, -0.05) is 0 Å². The molecule has 3 aromatic rings. The van der Waals surface area contributed by atoms with E-state index in [4.69, 9.17) is 9.47 Å². The van der Waals surface area contributed by atoms with Gasteiger partial charge in [0.25, 0.3) is 0 Å². The molecule has 0 atom stereocenters. The summed E-state index contributed by atoms with van der Waals surface area (Å²) in [5.41, 5.74) is 2.07. The number of anilines is 2. The van der Waals surface area contributed by atoms with Crippen LogP contribution in [0.1, 0.15) is 28.8 Å². The number of esters is 1. The first-order chi connectivity index (χ1) is 15.7. The first kappa shape index (κ1) is 24.0. The first-order valence-corrected chi connectivity index (χ1v) is 9.84. The highest BCUT2D eigenvalue weighted by Crippen LogP contribution is 2.28. The van der Waals surface area contributed by atoms with E-state index in [1.807, 2.05) is 13.1 Å². The van der Waals surface area contributed by atoms with Crippen LogP contribution < -0.4 is 10.1 Å². The zero-order chi connectivity index (χ0) is 24.0. The number of hydrogen-bond donors (Lipinski definition) is 1. The quantitative estimate of drug-likeness (QED) is 0.474. The highest BCUT2D eigenvalue weighted by Gasteiger charge is 2.27. The topological polar surface area (TPSA) is 100 Å². The molecule has 0 saturated carbocycles. The Morgan fingerprint density at radius 2 is 2.00 bits per heavy atom. The molecule has 0 fully saturated rings. The van der Waals surface area contributed by atoms with Crippen LogP contribution in [-0.4, -0.2) is 52.0 Å². The van der Waals surface area contributed by atoms with Crippen molar-refractivity contribution >= 4 is 17.6 Å². The van der Waals surface area contributed by atoms with Crippen molar-refractivity contribution in [2.24, 2.45) is 0 Å². The summed E-state index contributed by atoms with van der Waals surface area (Å²) in [7, 11) is 1.51. The van der Waals surface area contributed by atoms with E-state index >= 15 is 0 Å². The molecule has 176 valence electrons. The maximum Gasteiger partial charge on any atom is 0.411 e. The number of alkyl halides is 3. The smallest absolute Gasteiger partial charge is 0.411 e.